The van der Waals surface area contributed by atoms with E-state index in [1.807, 2.05) is 31.2 Å². The Morgan fingerprint density at radius 3 is 2.65 bits per heavy atom. The zero-order chi connectivity index (χ0) is 12.8. The zero-order valence-electron chi connectivity index (χ0n) is 10.9. The lowest BCUT2D eigenvalue weighted by Crippen LogP contribution is -2.33. The van der Waals surface area contributed by atoms with E-state index in [4.69, 9.17) is 5.73 Å². The van der Waals surface area contributed by atoms with Crippen LogP contribution in [0.5, 0.6) is 0 Å². The molecular formula is C14H22N2O. The van der Waals surface area contributed by atoms with Crippen LogP contribution in [-0.2, 0) is 6.54 Å². The molecule has 0 fully saturated rings. The fourth-order valence-electron chi connectivity index (χ4n) is 1.91. The maximum atomic E-state index is 12.0. The lowest BCUT2D eigenvalue weighted by atomic mass is 10.0. The molecule has 1 unspecified atom stereocenters. The van der Waals surface area contributed by atoms with Gasteiger partial charge in [-0.1, -0.05) is 26.0 Å². The van der Waals surface area contributed by atoms with Crippen LogP contribution >= 0.6 is 0 Å². The van der Waals surface area contributed by atoms with Crippen LogP contribution in [0.15, 0.2) is 24.3 Å². The van der Waals surface area contributed by atoms with E-state index in [2.05, 4.69) is 19.2 Å². The van der Waals surface area contributed by atoms with Gasteiger partial charge in [0.1, 0.15) is 0 Å². The first-order chi connectivity index (χ1) is 8.02. The van der Waals surface area contributed by atoms with Crippen LogP contribution < -0.4 is 11.1 Å². The maximum absolute atomic E-state index is 12.0. The van der Waals surface area contributed by atoms with E-state index in [9.17, 15) is 4.79 Å². The van der Waals surface area contributed by atoms with Crippen molar-refractivity contribution in [1.29, 1.82) is 0 Å². The lowest BCUT2D eigenvalue weighted by molar-refractivity contribution is 0.0936. The summed E-state index contributed by atoms with van der Waals surface area (Å²) >= 11 is 0. The first-order valence-corrected chi connectivity index (χ1v) is 6.12. The lowest BCUT2D eigenvalue weighted by Gasteiger charge is -2.16. The van der Waals surface area contributed by atoms with E-state index >= 15 is 0 Å². The number of rotatable bonds is 5. The Bertz CT molecular complexity index is 374. The number of nitrogens with one attached hydrogen (secondary N) is 1. The minimum atomic E-state index is -0.0200. The van der Waals surface area contributed by atoms with Crippen LogP contribution in [0.25, 0.3) is 0 Å². The van der Waals surface area contributed by atoms with Crippen molar-refractivity contribution in [2.75, 3.05) is 0 Å². The average molecular weight is 234 g/mol. The van der Waals surface area contributed by atoms with Crippen molar-refractivity contribution >= 4 is 5.91 Å². The van der Waals surface area contributed by atoms with Gasteiger partial charge in [0.25, 0.3) is 5.91 Å². The van der Waals surface area contributed by atoms with Crippen molar-refractivity contribution in [3.63, 3.8) is 0 Å². The standard InChI is InChI=1S/C14H22N2O/c1-10(2)7-11(3)16-14(17)13-6-4-5-12(8-13)9-15/h4-6,8,10-11H,7,9,15H2,1-3H3,(H,16,17). The number of nitrogens with two attached hydrogens (primary N) is 1. The van der Waals surface area contributed by atoms with Gasteiger partial charge in [-0.25, -0.2) is 0 Å². The molecule has 1 rings (SSSR count). The van der Waals surface area contributed by atoms with Crippen LogP contribution in [0.4, 0.5) is 0 Å². The Labute approximate surface area is 103 Å². The molecule has 0 aliphatic heterocycles. The molecule has 0 radical (unpaired) electrons. The Balaban J connectivity index is 2.63. The highest BCUT2D eigenvalue weighted by Gasteiger charge is 2.11. The number of hydrogen-bond donors (Lipinski definition) is 2. The molecule has 1 aromatic carbocycles. The summed E-state index contributed by atoms with van der Waals surface area (Å²) in [6.45, 7) is 6.79. The monoisotopic (exact) mass is 234 g/mol. The summed E-state index contributed by atoms with van der Waals surface area (Å²) in [6.07, 6.45) is 0.988. The molecule has 3 N–H and O–H groups in total. The van der Waals surface area contributed by atoms with E-state index < -0.39 is 0 Å². The fourth-order valence-corrected chi connectivity index (χ4v) is 1.91. The van der Waals surface area contributed by atoms with E-state index in [1.54, 1.807) is 0 Å². The highest BCUT2D eigenvalue weighted by molar-refractivity contribution is 5.94. The summed E-state index contributed by atoms with van der Waals surface area (Å²) in [5, 5.41) is 3.00. The third-order valence-electron chi connectivity index (χ3n) is 2.63. The van der Waals surface area contributed by atoms with Gasteiger partial charge >= 0.3 is 0 Å². The van der Waals surface area contributed by atoms with Gasteiger partial charge in [-0.05, 0) is 37.0 Å². The van der Waals surface area contributed by atoms with E-state index in [1.165, 1.54) is 0 Å². The molecule has 0 spiro atoms. The van der Waals surface area contributed by atoms with Gasteiger partial charge in [0.05, 0.1) is 0 Å². The summed E-state index contributed by atoms with van der Waals surface area (Å²) in [5.74, 6) is 0.564. The molecule has 0 aliphatic carbocycles. The quantitative estimate of drug-likeness (QED) is 0.821. The maximum Gasteiger partial charge on any atom is 0.251 e. The van der Waals surface area contributed by atoms with E-state index in [-0.39, 0.29) is 11.9 Å². The topological polar surface area (TPSA) is 55.1 Å². The van der Waals surface area contributed by atoms with Crippen molar-refractivity contribution < 1.29 is 4.79 Å². The number of amides is 1. The largest absolute Gasteiger partial charge is 0.350 e. The summed E-state index contributed by atoms with van der Waals surface area (Å²) < 4.78 is 0. The summed E-state index contributed by atoms with van der Waals surface area (Å²) in [5.41, 5.74) is 7.22. The fraction of sp³-hybridized carbons (Fsp3) is 0.500. The second-order valence-electron chi connectivity index (χ2n) is 4.91. The molecule has 0 bridgehead atoms. The highest BCUT2D eigenvalue weighted by Crippen LogP contribution is 2.07. The van der Waals surface area contributed by atoms with Crippen LogP contribution in [0.1, 0.15) is 43.1 Å². The number of carbonyl (C=O) groups is 1. The smallest absolute Gasteiger partial charge is 0.251 e. The van der Waals surface area contributed by atoms with Crippen LogP contribution in [-0.4, -0.2) is 11.9 Å². The van der Waals surface area contributed by atoms with Gasteiger partial charge in [-0.3, -0.25) is 4.79 Å². The molecule has 94 valence electrons. The average Bonchev–Trinajstić information content (AvgIpc) is 2.27. The molecule has 0 aliphatic rings. The molecule has 1 amide bonds. The minimum Gasteiger partial charge on any atom is -0.350 e. The molecule has 0 saturated carbocycles. The minimum absolute atomic E-state index is 0.0200. The van der Waals surface area contributed by atoms with Crippen molar-refractivity contribution in [2.45, 2.75) is 39.8 Å². The van der Waals surface area contributed by atoms with Gasteiger partial charge in [-0.2, -0.15) is 0 Å². The van der Waals surface area contributed by atoms with Crippen molar-refractivity contribution in [3.05, 3.63) is 35.4 Å². The number of benzene rings is 1. The third-order valence-corrected chi connectivity index (χ3v) is 2.63. The number of hydrogen-bond acceptors (Lipinski definition) is 2. The van der Waals surface area contributed by atoms with Crippen molar-refractivity contribution in [1.82, 2.24) is 5.32 Å². The summed E-state index contributed by atoms with van der Waals surface area (Å²) in [7, 11) is 0. The molecule has 3 nitrogen and oxygen atoms in total. The predicted molar refractivity (Wildman–Crippen MR) is 70.7 cm³/mol. The van der Waals surface area contributed by atoms with E-state index in [0.717, 1.165) is 12.0 Å². The Morgan fingerprint density at radius 2 is 2.06 bits per heavy atom. The number of carbonyl (C=O) groups excluding carboxylic acids is 1. The molecular weight excluding hydrogens is 212 g/mol. The van der Waals surface area contributed by atoms with Crippen molar-refractivity contribution in [2.24, 2.45) is 11.7 Å². The second kappa shape index (κ2) is 6.40. The van der Waals surface area contributed by atoms with Gasteiger partial charge < -0.3 is 11.1 Å². The molecule has 0 aromatic heterocycles. The Morgan fingerprint density at radius 1 is 1.35 bits per heavy atom. The molecule has 1 atom stereocenters. The summed E-state index contributed by atoms with van der Waals surface area (Å²) in [4.78, 5) is 12.0. The summed E-state index contributed by atoms with van der Waals surface area (Å²) in [6, 6.07) is 7.65. The normalized spacial score (nSPS) is 12.5. The first kappa shape index (κ1) is 13.7. The zero-order valence-corrected chi connectivity index (χ0v) is 10.9. The van der Waals surface area contributed by atoms with Crippen LogP contribution in [0, 0.1) is 5.92 Å². The Hall–Kier alpha value is -1.35. The Kier molecular flexibility index (Phi) is 5.16. The highest BCUT2D eigenvalue weighted by atomic mass is 16.1. The molecule has 17 heavy (non-hydrogen) atoms. The SMILES string of the molecule is CC(C)CC(C)NC(=O)c1cccc(CN)c1. The van der Waals surface area contributed by atoms with Gasteiger partial charge in [0.15, 0.2) is 0 Å². The third kappa shape index (κ3) is 4.57. The van der Waals surface area contributed by atoms with Gasteiger partial charge in [0.2, 0.25) is 0 Å². The van der Waals surface area contributed by atoms with Gasteiger partial charge in [-0.15, -0.1) is 0 Å². The van der Waals surface area contributed by atoms with Crippen molar-refractivity contribution in [3.8, 4) is 0 Å². The van der Waals surface area contributed by atoms with Crippen LogP contribution in [0.2, 0.25) is 0 Å². The molecule has 1 aromatic rings. The first-order valence-electron chi connectivity index (χ1n) is 6.12. The van der Waals surface area contributed by atoms with Gasteiger partial charge in [0, 0.05) is 18.2 Å². The molecule has 3 heteroatoms. The predicted octanol–water partition coefficient (Wildman–Crippen LogP) is 2.31. The molecule has 0 saturated heterocycles. The van der Waals surface area contributed by atoms with E-state index in [0.29, 0.717) is 18.0 Å². The van der Waals surface area contributed by atoms with Crippen LogP contribution in [0.3, 0.4) is 0 Å². The second-order valence-corrected chi connectivity index (χ2v) is 4.91. The molecule has 0 heterocycles.